The number of ether oxygens (including phenoxy) is 1. The summed E-state index contributed by atoms with van der Waals surface area (Å²) >= 11 is 0. The molecule has 0 heterocycles. The molecule has 0 radical (unpaired) electrons. The van der Waals surface area contributed by atoms with Crippen molar-refractivity contribution in [3.8, 4) is 22.6 Å². The zero-order chi connectivity index (χ0) is 23.8. The predicted molar refractivity (Wildman–Crippen MR) is 134 cm³/mol. The number of rotatable bonds is 8. The maximum atomic E-state index is 13.0. The van der Waals surface area contributed by atoms with Crippen molar-refractivity contribution in [2.45, 2.75) is 12.5 Å². The van der Waals surface area contributed by atoms with Gasteiger partial charge in [-0.3, -0.25) is 4.79 Å². The summed E-state index contributed by atoms with van der Waals surface area (Å²) in [6, 6.07) is 32.7. The second-order valence-corrected chi connectivity index (χ2v) is 7.71. The van der Waals surface area contributed by atoms with Gasteiger partial charge in [0.1, 0.15) is 11.5 Å². The highest BCUT2D eigenvalue weighted by Gasteiger charge is 2.19. The van der Waals surface area contributed by atoms with Crippen LogP contribution in [0.25, 0.3) is 11.1 Å². The first-order valence-electron chi connectivity index (χ1n) is 10.9. The standard InChI is InChI=1S/C28H25N3O3/c29-28(33)31-26(21-12-9-15-23(18-21)34-22-13-5-2-6-14-22)19-27(32)30-25-17-8-7-16-24(25)20-10-3-1-4-11-20/h1-18,26H,19H2,(H,30,32)(H3,29,31,33). The fraction of sp³-hybridized carbons (Fsp3) is 0.0714. The molecule has 0 bridgehead atoms. The number of amides is 3. The monoisotopic (exact) mass is 451 g/mol. The molecule has 1 unspecified atom stereocenters. The van der Waals surface area contributed by atoms with Crippen molar-refractivity contribution in [3.63, 3.8) is 0 Å². The molecule has 4 N–H and O–H groups in total. The van der Waals surface area contributed by atoms with Gasteiger partial charge in [-0.25, -0.2) is 4.79 Å². The van der Waals surface area contributed by atoms with E-state index in [0.717, 1.165) is 11.1 Å². The summed E-state index contributed by atoms with van der Waals surface area (Å²) in [5, 5.41) is 5.65. The summed E-state index contributed by atoms with van der Waals surface area (Å²) in [6.45, 7) is 0. The molecule has 0 spiro atoms. The van der Waals surface area contributed by atoms with Gasteiger partial charge in [0, 0.05) is 11.3 Å². The molecule has 0 aromatic heterocycles. The lowest BCUT2D eigenvalue weighted by Gasteiger charge is -2.19. The average Bonchev–Trinajstić information content (AvgIpc) is 2.85. The summed E-state index contributed by atoms with van der Waals surface area (Å²) in [5.41, 5.74) is 8.71. The van der Waals surface area contributed by atoms with E-state index in [4.69, 9.17) is 10.5 Å². The Morgan fingerprint density at radius 2 is 1.41 bits per heavy atom. The van der Waals surface area contributed by atoms with E-state index in [2.05, 4.69) is 10.6 Å². The van der Waals surface area contributed by atoms with E-state index < -0.39 is 12.1 Å². The maximum absolute atomic E-state index is 13.0. The Balaban J connectivity index is 1.52. The number of hydrogen-bond donors (Lipinski definition) is 3. The molecule has 0 aliphatic heterocycles. The van der Waals surface area contributed by atoms with Crippen molar-refractivity contribution in [3.05, 3.63) is 115 Å². The van der Waals surface area contributed by atoms with E-state index in [9.17, 15) is 9.59 Å². The molecule has 34 heavy (non-hydrogen) atoms. The Bertz CT molecular complexity index is 1260. The topological polar surface area (TPSA) is 93.5 Å². The Kier molecular flexibility index (Phi) is 7.20. The molecule has 0 saturated carbocycles. The van der Waals surface area contributed by atoms with Gasteiger partial charge in [-0.05, 0) is 41.5 Å². The molecular weight excluding hydrogens is 426 g/mol. The number of nitrogens with one attached hydrogen (secondary N) is 2. The molecule has 1 atom stereocenters. The van der Waals surface area contributed by atoms with Gasteiger partial charge in [0.05, 0.1) is 12.5 Å². The molecule has 0 fully saturated rings. The largest absolute Gasteiger partial charge is 0.457 e. The van der Waals surface area contributed by atoms with Gasteiger partial charge in [0.2, 0.25) is 5.91 Å². The third-order valence-corrected chi connectivity index (χ3v) is 5.23. The fourth-order valence-electron chi connectivity index (χ4n) is 3.69. The van der Waals surface area contributed by atoms with Gasteiger partial charge in [0.25, 0.3) is 0 Å². The molecule has 0 aliphatic rings. The van der Waals surface area contributed by atoms with Crippen molar-refractivity contribution in [2.24, 2.45) is 5.73 Å². The summed E-state index contributed by atoms with van der Waals surface area (Å²) in [5.74, 6) is 1.03. The number of anilines is 1. The van der Waals surface area contributed by atoms with E-state index >= 15 is 0 Å². The number of benzene rings is 4. The van der Waals surface area contributed by atoms with Crippen molar-refractivity contribution in [1.29, 1.82) is 0 Å². The number of urea groups is 1. The third kappa shape index (κ3) is 6.01. The number of hydrogen-bond acceptors (Lipinski definition) is 3. The minimum Gasteiger partial charge on any atom is -0.457 e. The SMILES string of the molecule is NC(=O)NC(CC(=O)Nc1ccccc1-c1ccccc1)c1cccc(Oc2ccccc2)c1. The van der Waals surface area contributed by atoms with Crippen LogP contribution in [-0.2, 0) is 4.79 Å². The molecule has 6 nitrogen and oxygen atoms in total. The second kappa shape index (κ2) is 10.8. The Morgan fingerprint density at radius 3 is 2.15 bits per heavy atom. The summed E-state index contributed by atoms with van der Waals surface area (Å²) in [7, 11) is 0. The molecule has 3 amide bonds. The highest BCUT2D eigenvalue weighted by atomic mass is 16.5. The zero-order valence-electron chi connectivity index (χ0n) is 18.5. The van der Waals surface area contributed by atoms with Crippen molar-refractivity contribution in [1.82, 2.24) is 5.32 Å². The molecular formula is C28H25N3O3. The molecule has 4 aromatic rings. The molecule has 4 aromatic carbocycles. The first-order chi connectivity index (χ1) is 16.6. The number of carbonyl (C=O) groups is 2. The van der Waals surface area contributed by atoms with Crippen LogP contribution in [0.5, 0.6) is 11.5 Å². The third-order valence-electron chi connectivity index (χ3n) is 5.23. The van der Waals surface area contributed by atoms with Gasteiger partial charge >= 0.3 is 6.03 Å². The molecule has 0 saturated heterocycles. The van der Waals surface area contributed by atoms with Gasteiger partial charge < -0.3 is 21.1 Å². The lowest BCUT2D eigenvalue weighted by Crippen LogP contribution is -2.35. The van der Waals surface area contributed by atoms with Crippen LogP contribution in [0.15, 0.2) is 109 Å². The van der Waals surface area contributed by atoms with Crippen LogP contribution in [0.3, 0.4) is 0 Å². The van der Waals surface area contributed by atoms with Crippen molar-refractivity contribution < 1.29 is 14.3 Å². The van der Waals surface area contributed by atoms with Crippen molar-refractivity contribution >= 4 is 17.6 Å². The van der Waals surface area contributed by atoms with E-state index in [1.807, 2.05) is 103 Å². The zero-order valence-corrected chi connectivity index (χ0v) is 18.5. The Morgan fingerprint density at radius 1 is 0.765 bits per heavy atom. The van der Waals surface area contributed by atoms with Gasteiger partial charge in [-0.15, -0.1) is 0 Å². The van der Waals surface area contributed by atoms with Crippen molar-refractivity contribution in [2.75, 3.05) is 5.32 Å². The normalized spacial score (nSPS) is 11.3. The van der Waals surface area contributed by atoms with Crippen LogP contribution in [0.4, 0.5) is 10.5 Å². The van der Waals surface area contributed by atoms with Gasteiger partial charge in [0.15, 0.2) is 0 Å². The van der Waals surface area contributed by atoms with Crippen LogP contribution < -0.4 is 21.1 Å². The van der Waals surface area contributed by atoms with Crippen LogP contribution in [0, 0.1) is 0 Å². The number of nitrogens with two attached hydrogens (primary N) is 1. The number of carbonyl (C=O) groups excluding carboxylic acids is 2. The van der Waals surface area contributed by atoms with Crippen LogP contribution in [0.2, 0.25) is 0 Å². The van der Waals surface area contributed by atoms with E-state index in [0.29, 0.717) is 22.7 Å². The number of primary amides is 1. The Labute approximate surface area is 198 Å². The van der Waals surface area contributed by atoms with E-state index in [1.165, 1.54) is 0 Å². The second-order valence-electron chi connectivity index (χ2n) is 7.71. The molecule has 6 heteroatoms. The van der Waals surface area contributed by atoms with Crippen LogP contribution in [0.1, 0.15) is 18.0 Å². The first-order valence-corrected chi connectivity index (χ1v) is 10.9. The summed E-state index contributed by atoms with van der Waals surface area (Å²) in [6.07, 6.45) is 0.000848. The molecule has 170 valence electrons. The summed E-state index contributed by atoms with van der Waals surface area (Å²) in [4.78, 5) is 24.7. The Hall–Kier alpha value is -4.58. The lowest BCUT2D eigenvalue weighted by atomic mass is 10.0. The van der Waals surface area contributed by atoms with Crippen LogP contribution >= 0.6 is 0 Å². The lowest BCUT2D eigenvalue weighted by molar-refractivity contribution is -0.116. The minimum absolute atomic E-state index is 0.000848. The minimum atomic E-state index is -0.711. The van der Waals surface area contributed by atoms with E-state index in [1.54, 1.807) is 6.07 Å². The molecule has 0 aliphatic carbocycles. The predicted octanol–water partition coefficient (Wildman–Crippen LogP) is 5.88. The maximum Gasteiger partial charge on any atom is 0.312 e. The first kappa shape index (κ1) is 22.6. The van der Waals surface area contributed by atoms with Gasteiger partial charge in [-0.2, -0.15) is 0 Å². The number of para-hydroxylation sites is 2. The highest BCUT2D eigenvalue weighted by molar-refractivity contribution is 5.96. The average molecular weight is 452 g/mol. The molecule has 4 rings (SSSR count). The van der Waals surface area contributed by atoms with Crippen LogP contribution in [-0.4, -0.2) is 11.9 Å². The fourth-order valence-corrected chi connectivity index (χ4v) is 3.69. The smallest absolute Gasteiger partial charge is 0.312 e. The summed E-state index contributed by atoms with van der Waals surface area (Å²) < 4.78 is 5.90. The van der Waals surface area contributed by atoms with Gasteiger partial charge in [-0.1, -0.05) is 78.9 Å². The highest BCUT2D eigenvalue weighted by Crippen LogP contribution is 2.29. The van der Waals surface area contributed by atoms with E-state index in [-0.39, 0.29) is 12.3 Å². The quantitative estimate of drug-likeness (QED) is 0.312.